The van der Waals surface area contributed by atoms with Crippen LogP contribution in [0.2, 0.25) is 0 Å². The van der Waals surface area contributed by atoms with Crippen molar-refractivity contribution in [2.45, 2.75) is 65.6 Å². The normalized spacial score (nSPS) is 15.8. The van der Waals surface area contributed by atoms with E-state index < -0.39 is 23.6 Å². The molecule has 3 aromatic rings. The topological polar surface area (TPSA) is 126 Å². The number of anilines is 1. The zero-order chi connectivity index (χ0) is 32.2. The van der Waals surface area contributed by atoms with Crippen LogP contribution >= 0.6 is 15.9 Å². The van der Waals surface area contributed by atoms with Gasteiger partial charge in [0, 0.05) is 35.7 Å². The minimum Gasteiger partial charge on any atom is -0.479 e. The van der Waals surface area contributed by atoms with Crippen molar-refractivity contribution in [1.29, 1.82) is 0 Å². The van der Waals surface area contributed by atoms with Crippen LogP contribution in [-0.2, 0) is 20.7 Å². The summed E-state index contributed by atoms with van der Waals surface area (Å²) in [6.07, 6.45) is 6.35. The van der Waals surface area contributed by atoms with Gasteiger partial charge in [0.15, 0.2) is 23.2 Å². The molecular weight excluding hydrogens is 626 g/mol. The van der Waals surface area contributed by atoms with Gasteiger partial charge >= 0.3 is 5.97 Å². The van der Waals surface area contributed by atoms with Crippen molar-refractivity contribution in [2.75, 3.05) is 24.5 Å². The van der Waals surface area contributed by atoms with Crippen molar-refractivity contribution in [3.63, 3.8) is 0 Å². The van der Waals surface area contributed by atoms with Gasteiger partial charge in [-0.15, -0.1) is 0 Å². The first-order chi connectivity index (χ1) is 20.7. The summed E-state index contributed by atoms with van der Waals surface area (Å²) >= 11 is 3.45. The van der Waals surface area contributed by atoms with Gasteiger partial charge in [-0.3, -0.25) is 9.59 Å². The molecule has 1 unspecified atom stereocenters. The van der Waals surface area contributed by atoms with Gasteiger partial charge in [-0.25, -0.2) is 9.78 Å². The molecule has 1 fully saturated rings. The molecule has 3 heterocycles. The summed E-state index contributed by atoms with van der Waals surface area (Å²) < 4.78 is 8.43. The monoisotopic (exact) mass is 665 g/mol. The molecule has 1 aliphatic heterocycles. The molecule has 1 atom stereocenters. The molecule has 2 N–H and O–H groups in total. The zero-order valence-electron chi connectivity index (χ0n) is 25.9. The van der Waals surface area contributed by atoms with E-state index in [4.69, 9.17) is 4.74 Å². The lowest BCUT2D eigenvalue weighted by Gasteiger charge is -2.40. The molecule has 234 valence electrons. The number of carboxylic acid groups (broad SMARTS) is 1. The van der Waals surface area contributed by atoms with Crippen molar-refractivity contribution in [3.8, 4) is 0 Å². The van der Waals surface area contributed by atoms with E-state index in [0.717, 1.165) is 22.9 Å². The lowest BCUT2D eigenvalue weighted by molar-refractivity contribution is -0.160. The highest BCUT2D eigenvalue weighted by atomic mass is 79.9. The average molecular weight is 667 g/mol. The molecule has 11 heteroatoms. The number of Topliss-reactive ketones (excluding diaryl/α,β-unsaturated/α-hetero) is 1. The molecule has 44 heavy (non-hydrogen) atoms. The van der Waals surface area contributed by atoms with Gasteiger partial charge in [-0.2, -0.15) is 9.61 Å². The van der Waals surface area contributed by atoms with E-state index in [2.05, 4.69) is 55.8 Å². The number of amides is 1. The van der Waals surface area contributed by atoms with E-state index in [1.165, 1.54) is 4.52 Å². The maximum Gasteiger partial charge on any atom is 0.337 e. The molecule has 0 aliphatic carbocycles. The first kappa shape index (κ1) is 33.1. The van der Waals surface area contributed by atoms with Gasteiger partial charge < -0.3 is 20.1 Å². The van der Waals surface area contributed by atoms with Gasteiger partial charge in [-0.05, 0) is 57.6 Å². The number of ether oxygens (including phenoxy) is 1. The smallest absolute Gasteiger partial charge is 0.337 e. The van der Waals surface area contributed by atoms with Crippen LogP contribution in [-0.4, -0.2) is 62.6 Å². The number of ketones is 1. The van der Waals surface area contributed by atoms with E-state index >= 15 is 0 Å². The lowest BCUT2D eigenvalue weighted by atomic mass is 9.80. The number of allylic oxidation sites excluding steroid dienone is 3. The average Bonchev–Trinajstić information content (AvgIpc) is 3.38. The fourth-order valence-electron chi connectivity index (χ4n) is 5.31. The maximum atomic E-state index is 13.2. The lowest BCUT2D eigenvalue weighted by Crippen LogP contribution is -2.40. The number of aryl methyl sites for hydroxylation is 1. The van der Waals surface area contributed by atoms with E-state index in [1.54, 1.807) is 39.8 Å². The second-order valence-electron chi connectivity index (χ2n) is 12.4. The molecular formula is C33H40BrN5O5. The van der Waals surface area contributed by atoms with Crippen LogP contribution in [0.15, 0.2) is 59.6 Å². The number of carboxylic acids is 1. The fourth-order valence-corrected chi connectivity index (χ4v) is 5.73. The molecule has 1 amide bonds. The number of fused-ring (bicyclic) bond motifs is 1. The van der Waals surface area contributed by atoms with Crippen molar-refractivity contribution in [3.05, 3.63) is 82.1 Å². The van der Waals surface area contributed by atoms with Crippen LogP contribution in [0.25, 0.3) is 5.65 Å². The van der Waals surface area contributed by atoms with Crippen LogP contribution in [0.4, 0.5) is 5.82 Å². The predicted molar refractivity (Wildman–Crippen MR) is 173 cm³/mol. The van der Waals surface area contributed by atoms with E-state index in [0.29, 0.717) is 35.8 Å². The third kappa shape index (κ3) is 7.81. The van der Waals surface area contributed by atoms with Gasteiger partial charge in [-0.1, -0.05) is 65.9 Å². The Morgan fingerprint density at radius 2 is 1.91 bits per heavy atom. The first-order valence-corrected chi connectivity index (χ1v) is 15.4. The largest absolute Gasteiger partial charge is 0.479 e. The van der Waals surface area contributed by atoms with Gasteiger partial charge in [0.25, 0.3) is 5.91 Å². The number of halogens is 1. The highest BCUT2D eigenvalue weighted by Gasteiger charge is 2.37. The number of aliphatic carboxylic acids is 1. The van der Waals surface area contributed by atoms with Crippen molar-refractivity contribution in [2.24, 2.45) is 5.41 Å². The Balaban J connectivity index is 1.69. The number of benzene rings is 1. The molecule has 1 aromatic carbocycles. The second-order valence-corrected chi connectivity index (χ2v) is 13.3. The Morgan fingerprint density at radius 3 is 2.52 bits per heavy atom. The summed E-state index contributed by atoms with van der Waals surface area (Å²) in [7, 11) is 0. The minimum atomic E-state index is -1.31. The maximum absolute atomic E-state index is 13.2. The highest BCUT2D eigenvalue weighted by Crippen LogP contribution is 2.39. The Morgan fingerprint density at radius 1 is 1.23 bits per heavy atom. The van der Waals surface area contributed by atoms with E-state index in [-0.39, 0.29) is 29.9 Å². The predicted octanol–water partition coefficient (Wildman–Crippen LogP) is 5.63. The number of hydrogen-bond donors (Lipinski definition) is 2. The highest BCUT2D eigenvalue weighted by molar-refractivity contribution is 9.10. The first-order valence-electron chi connectivity index (χ1n) is 14.6. The van der Waals surface area contributed by atoms with Gasteiger partial charge in [0.1, 0.15) is 5.82 Å². The summed E-state index contributed by atoms with van der Waals surface area (Å²) in [5, 5.41) is 17.6. The van der Waals surface area contributed by atoms with Crippen LogP contribution in [0.1, 0.15) is 73.9 Å². The minimum absolute atomic E-state index is 0.0445. The Kier molecular flexibility index (Phi) is 10.1. The summed E-state index contributed by atoms with van der Waals surface area (Å²) in [6.45, 7) is 14.2. The quantitative estimate of drug-likeness (QED) is 0.252. The fraction of sp³-hybridized carbons (Fsp3) is 0.424. The molecule has 1 saturated heterocycles. The van der Waals surface area contributed by atoms with Crippen LogP contribution in [0, 0.1) is 12.3 Å². The Labute approximate surface area is 266 Å². The van der Waals surface area contributed by atoms with Crippen molar-refractivity contribution < 1.29 is 24.2 Å². The summed E-state index contributed by atoms with van der Waals surface area (Å²) in [6, 6.07) is 8.99. The number of carbonyl (C=O) groups is 3. The zero-order valence-corrected chi connectivity index (χ0v) is 27.5. The van der Waals surface area contributed by atoms with Gasteiger partial charge in [0.05, 0.1) is 17.7 Å². The van der Waals surface area contributed by atoms with Gasteiger partial charge in [0.2, 0.25) is 0 Å². The molecule has 0 bridgehead atoms. The number of aromatic nitrogens is 3. The van der Waals surface area contributed by atoms with Crippen molar-refractivity contribution >= 4 is 45.1 Å². The van der Waals surface area contributed by atoms with E-state index in [1.807, 2.05) is 30.3 Å². The standard InChI is InChI=1S/C33H40BrN5O5/c1-7-8-13-33(6)14-16-38(17-15-33)30-27(28(31(42)43)44-32(3,4)5)21(2)36-26-19-25(37-39(26)30)29(41)35-20-23(40)18-22-11-9-10-12-24(22)34/h7-13,19,28H,1,14-18,20H2,2-6H3,(H,35,41)(H,42,43)/b13-8+. The number of rotatable bonds is 11. The Bertz CT molecular complexity index is 1600. The van der Waals surface area contributed by atoms with Crippen LogP contribution in [0.5, 0.6) is 0 Å². The summed E-state index contributed by atoms with van der Waals surface area (Å²) in [4.78, 5) is 45.2. The third-order valence-corrected chi connectivity index (χ3v) is 8.40. The van der Waals surface area contributed by atoms with Crippen molar-refractivity contribution in [1.82, 2.24) is 19.9 Å². The van der Waals surface area contributed by atoms with E-state index in [9.17, 15) is 19.5 Å². The number of nitrogens with zero attached hydrogens (tertiary/aromatic N) is 4. The SMILES string of the molecule is C=C/C=C/C1(C)CCN(c2c(C(OC(C)(C)C)C(=O)O)c(C)nc3cc(C(=O)NCC(=O)Cc4ccccc4Br)nn23)CC1. The molecule has 2 aromatic heterocycles. The summed E-state index contributed by atoms with van der Waals surface area (Å²) in [5.41, 5.74) is 1.36. The third-order valence-electron chi connectivity index (χ3n) is 7.63. The Hall–Kier alpha value is -3.83. The number of hydrogen-bond acceptors (Lipinski definition) is 7. The number of nitrogens with one attached hydrogen (secondary N) is 1. The molecule has 1 aliphatic rings. The summed E-state index contributed by atoms with van der Waals surface area (Å²) in [5.74, 6) is -1.29. The number of carbonyl (C=O) groups excluding carboxylic acids is 2. The van der Waals surface area contributed by atoms with Crippen LogP contribution in [0.3, 0.4) is 0 Å². The molecule has 10 nitrogen and oxygen atoms in total. The van der Waals surface area contributed by atoms with Crippen LogP contribution < -0.4 is 10.2 Å². The molecule has 4 rings (SSSR count). The second kappa shape index (κ2) is 13.4. The molecule has 0 spiro atoms. The number of piperidine rings is 1. The molecule has 0 radical (unpaired) electrons. The molecule has 0 saturated carbocycles.